The molecule has 4 nitrogen and oxygen atoms in total. The van der Waals surface area contributed by atoms with E-state index in [1.807, 2.05) is 6.08 Å². The molecule has 0 radical (unpaired) electrons. The van der Waals surface area contributed by atoms with E-state index in [2.05, 4.69) is 19.9 Å². The maximum atomic E-state index is 12.6. The van der Waals surface area contributed by atoms with E-state index in [9.17, 15) is 14.4 Å². The van der Waals surface area contributed by atoms with E-state index in [1.54, 1.807) is 6.92 Å². The average molecular weight is 370 g/mol. The highest BCUT2D eigenvalue weighted by Crippen LogP contribution is 2.63. The summed E-state index contributed by atoms with van der Waals surface area (Å²) in [5, 5.41) is 0. The molecule has 4 aliphatic rings. The summed E-state index contributed by atoms with van der Waals surface area (Å²) in [6.45, 7) is 7.44. The second kappa shape index (κ2) is 6.15. The highest BCUT2D eigenvalue weighted by Gasteiger charge is 2.61. The molecule has 2 fully saturated rings. The van der Waals surface area contributed by atoms with Gasteiger partial charge in [0.1, 0.15) is 0 Å². The number of fused-ring (bicyclic) bond motifs is 5. The van der Waals surface area contributed by atoms with E-state index >= 15 is 0 Å². The lowest BCUT2D eigenvalue weighted by molar-refractivity contribution is -0.172. The Kier molecular flexibility index (Phi) is 4.25. The van der Waals surface area contributed by atoms with E-state index in [4.69, 9.17) is 4.74 Å². The standard InChI is InChI=1S/C23H30O4/c1-13-11-18-17-8-10-23(14(2)24,27-15(3)25)20(17)6-5-19(18)22(4)9-7-16(26)12-21(13)22/h11-12,17-20H,5-10H2,1-4H3/t17-,18-,19-,20?,22+,23-/m0/s1. The molecule has 0 amide bonds. The Bertz CT molecular complexity index is 775. The lowest BCUT2D eigenvalue weighted by atomic mass is 9.50. The minimum atomic E-state index is -0.928. The molecule has 2 saturated carbocycles. The fourth-order valence-electron chi connectivity index (χ4n) is 6.99. The van der Waals surface area contributed by atoms with Crippen molar-refractivity contribution in [2.24, 2.45) is 29.1 Å². The molecule has 0 N–H and O–H groups in total. The summed E-state index contributed by atoms with van der Waals surface area (Å²) in [7, 11) is 0. The largest absolute Gasteiger partial charge is 0.451 e. The summed E-state index contributed by atoms with van der Waals surface area (Å²) in [4.78, 5) is 36.4. The summed E-state index contributed by atoms with van der Waals surface area (Å²) < 4.78 is 5.72. The lowest BCUT2D eigenvalue weighted by Crippen LogP contribution is -2.52. The zero-order valence-corrected chi connectivity index (χ0v) is 16.8. The zero-order valence-electron chi connectivity index (χ0n) is 16.8. The average Bonchev–Trinajstić information content (AvgIpc) is 2.96. The Morgan fingerprint density at radius 2 is 1.81 bits per heavy atom. The van der Waals surface area contributed by atoms with Crippen LogP contribution in [0.15, 0.2) is 23.3 Å². The predicted octanol–water partition coefficient (Wildman–Crippen LogP) is 4.19. The number of rotatable bonds is 2. The minimum Gasteiger partial charge on any atom is -0.451 e. The lowest BCUT2D eigenvalue weighted by Gasteiger charge is -2.54. The Morgan fingerprint density at radius 3 is 2.48 bits per heavy atom. The van der Waals surface area contributed by atoms with Crippen molar-refractivity contribution in [1.82, 2.24) is 0 Å². The van der Waals surface area contributed by atoms with E-state index in [0.717, 1.165) is 25.7 Å². The first-order valence-electron chi connectivity index (χ1n) is 10.3. The van der Waals surface area contributed by atoms with Gasteiger partial charge < -0.3 is 4.74 Å². The molecule has 4 aliphatic carbocycles. The van der Waals surface area contributed by atoms with Crippen LogP contribution in [0.5, 0.6) is 0 Å². The SMILES string of the molecule is CC(=O)O[C@]1(C(C)=O)CC[C@@H]2C1CC[C@H]1[C@H]2C=C(C)C2=CC(=O)CC[C@@]21C. The van der Waals surface area contributed by atoms with Crippen LogP contribution >= 0.6 is 0 Å². The first-order valence-corrected chi connectivity index (χ1v) is 10.3. The Morgan fingerprint density at radius 1 is 1.11 bits per heavy atom. The topological polar surface area (TPSA) is 60.4 Å². The van der Waals surface area contributed by atoms with Crippen molar-refractivity contribution in [2.75, 3.05) is 0 Å². The van der Waals surface area contributed by atoms with Gasteiger partial charge in [-0.25, -0.2) is 0 Å². The van der Waals surface area contributed by atoms with Crippen molar-refractivity contribution in [3.63, 3.8) is 0 Å². The van der Waals surface area contributed by atoms with Gasteiger partial charge in [0.25, 0.3) is 0 Å². The molecule has 0 aromatic rings. The highest BCUT2D eigenvalue weighted by atomic mass is 16.6. The van der Waals surface area contributed by atoms with Crippen LogP contribution in [-0.2, 0) is 19.1 Å². The van der Waals surface area contributed by atoms with E-state index in [-0.39, 0.29) is 28.9 Å². The van der Waals surface area contributed by atoms with Gasteiger partial charge in [0.15, 0.2) is 17.2 Å². The van der Waals surface area contributed by atoms with E-state index in [1.165, 1.54) is 18.1 Å². The summed E-state index contributed by atoms with van der Waals surface area (Å²) in [5.41, 5.74) is 1.57. The molecule has 0 saturated heterocycles. The Labute approximate surface area is 161 Å². The van der Waals surface area contributed by atoms with Crippen LogP contribution in [0, 0.1) is 29.1 Å². The molecule has 146 valence electrons. The molecule has 6 atom stereocenters. The zero-order chi connectivity index (χ0) is 19.6. The maximum Gasteiger partial charge on any atom is 0.303 e. The summed E-state index contributed by atoms with van der Waals surface area (Å²) in [6.07, 6.45) is 9.30. The van der Waals surface area contributed by atoms with Gasteiger partial charge in [-0.1, -0.05) is 18.6 Å². The highest BCUT2D eigenvalue weighted by molar-refractivity contribution is 5.92. The second-order valence-corrected chi connectivity index (χ2v) is 9.40. The number of Topliss-reactive ketones (excluding diaryl/α,β-unsaturated/α-hetero) is 1. The summed E-state index contributed by atoms with van der Waals surface area (Å²) in [6, 6.07) is 0. The summed E-state index contributed by atoms with van der Waals surface area (Å²) >= 11 is 0. The third kappa shape index (κ3) is 2.59. The molecule has 0 spiro atoms. The van der Waals surface area contributed by atoms with Crippen molar-refractivity contribution >= 4 is 17.5 Å². The molecule has 0 bridgehead atoms. The molecule has 27 heavy (non-hydrogen) atoms. The quantitative estimate of drug-likeness (QED) is 0.684. The summed E-state index contributed by atoms with van der Waals surface area (Å²) in [5.74, 6) is 1.27. The molecule has 0 aliphatic heterocycles. The smallest absolute Gasteiger partial charge is 0.303 e. The maximum absolute atomic E-state index is 12.6. The number of ether oxygens (including phenoxy) is 1. The van der Waals surface area contributed by atoms with Crippen LogP contribution in [0.2, 0.25) is 0 Å². The van der Waals surface area contributed by atoms with E-state index in [0.29, 0.717) is 30.6 Å². The van der Waals surface area contributed by atoms with Crippen molar-refractivity contribution < 1.29 is 19.1 Å². The fraction of sp³-hybridized carbons (Fsp3) is 0.696. The molecule has 0 aromatic heterocycles. The third-order valence-electron chi connectivity index (χ3n) is 8.13. The Hall–Kier alpha value is -1.71. The second-order valence-electron chi connectivity index (χ2n) is 9.40. The fourth-order valence-corrected chi connectivity index (χ4v) is 6.99. The van der Waals surface area contributed by atoms with Crippen LogP contribution in [0.3, 0.4) is 0 Å². The number of carbonyl (C=O) groups excluding carboxylic acids is 3. The van der Waals surface area contributed by atoms with Gasteiger partial charge in [-0.3, -0.25) is 14.4 Å². The van der Waals surface area contributed by atoms with Crippen molar-refractivity contribution in [3.8, 4) is 0 Å². The van der Waals surface area contributed by atoms with Gasteiger partial charge in [0.2, 0.25) is 0 Å². The van der Waals surface area contributed by atoms with Crippen LogP contribution in [-0.4, -0.2) is 23.1 Å². The van der Waals surface area contributed by atoms with Crippen molar-refractivity contribution in [3.05, 3.63) is 23.3 Å². The number of esters is 1. The van der Waals surface area contributed by atoms with Gasteiger partial charge in [0, 0.05) is 19.3 Å². The molecule has 0 aromatic carbocycles. The molecular formula is C23H30O4. The van der Waals surface area contributed by atoms with Gasteiger partial charge in [-0.15, -0.1) is 0 Å². The van der Waals surface area contributed by atoms with Gasteiger partial charge >= 0.3 is 5.97 Å². The molecular weight excluding hydrogens is 340 g/mol. The molecule has 4 heteroatoms. The molecule has 4 rings (SSSR count). The normalized spacial score (nSPS) is 43.0. The van der Waals surface area contributed by atoms with Crippen molar-refractivity contribution in [2.45, 2.75) is 71.8 Å². The van der Waals surface area contributed by atoms with Crippen molar-refractivity contribution in [1.29, 1.82) is 0 Å². The van der Waals surface area contributed by atoms with Crippen LogP contribution in [0.1, 0.15) is 66.2 Å². The number of hydrogen-bond donors (Lipinski definition) is 0. The van der Waals surface area contributed by atoms with Crippen LogP contribution in [0.4, 0.5) is 0 Å². The number of allylic oxidation sites excluding steroid dienone is 4. The monoisotopic (exact) mass is 370 g/mol. The minimum absolute atomic E-state index is 0.00443. The predicted molar refractivity (Wildman–Crippen MR) is 102 cm³/mol. The van der Waals surface area contributed by atoms with Gasteiger partial charge in [0.05, 0.1) is 0 Å². The van der Waals surface area contributed by atoms with Gasteiger partial charge in [-0.2, -0.15) is 0 Å². The molecule has 0 heterocycles. The first-order chi connectivity index (χ1) is 12.7. The van der Waals surface area contributed by atoms with Crippen LogP contribution in [0.25, 0.3) is 0 Å². The number of hydrogen-bond acceptors (Lipinski definition) is 4. The number of carbonyl (C=O) groups is 3. The first kappa shape index (κ1) is 18.6. The number of ketones is 2. The third-order valence-corrected chi connectivity index (χ3v) is 8.13. The van der Waals surface area contributed by atoms with E-state index < -0.39 is 5.60 Å². The van der Waals surface area contributed by atoms with Crippen LogP contribution < -0.4 is 0 Å². The molecule has 1 unspecified atom stereocenters. The van der Waals surface area contributed by atoms with Gasteiger partial charge in [-0.05, 0) is 80.8 Å². The Balaban J connectivity index is 1.73.